The van der Waals surface area contributed by atoms with Gasteiger partial charge in [0.1, 0.15) is 11.6 Å². The number of pyridine rings is 1. The van der Waals surface area contributed by atoms with Gasteiger partial charge in [0, 0.05) is 22.7 Å². The molecule has 0 aliphatic carbocycles. The summed E-state index contributed by atoms with van der Waals surface area (Å²) in [5.41, 5.74) is 3.25. The molecule has 0 saturated carbocycles. The molecule has 0 radical (unpaired) electrons. The van der Waals surface area contributed by atoms with Crippen molar-refractivity contribution >= 4 is 38.2 Å². The van der Waals surface area contributed by atoms with E-state index in [-0.39, 0.29) is 5.78 Å². The molecule has 2 heterocycles. The average molecular weight is 320 g/mol. The van der Waals surface area contributed by atoms with Gasteiger partial charge in [0.15, 0.2) is 5.78 Å². The van der Waals surface area contributed by atoms with Crippen molar-refractivity contribution in [2.75, 3.05) is 6.61 Å². The van der Waals surface area contributed by atoms with Crippen molar-refractivity contribution in [1.29, 1.82) is 0 Å². The van der Waals surface area contributed by atoms with Crippen molar-refractivity contribution < 1.29 is 9.90 Å². The van der Waals surface area contributed by atoms with Gasteiger partial charge in [-0.25, -0.2) is 4.98 Å². The monoisotopic (exact) mass is 320 g/mol. The highest BCUT2D eigenvalue weighted by Gasteiger charge is 2.12. The van der Waals surface area contributed by atoms with Crippen LogP contribution < -0.4 is 0 Å². The number of nitrogens with zero attached hydrogens (tertiary/aromatic N) is 2. The lowest BCUT2D eigenvalue weighted by Crippen LogP contribution is -2.03. The maximum absolute atomic E-state index is 11.6. The van der Waals surface area contributed by atoms with E-state index in [1.807, 2.05) is 36.4 Å². The van der Waals surface area contributed by atoms with Gasteiger partial charge in [0.05, 0.1) is 15.7 Å². The SMILES string of the molecule is O=C(CO)c1ccc2nc(-c3cccc4cccnc34)sc2c1. The quantitative estimate of drug-likeness (QED) is 0.585. The van der Waals surface area contributed by atoms with Crippen LogP contribution in [0.5, 0.6) is 0 Å². The Labute approximate surface area is 136 Å². The second-order valence-corrected chi connectivity index (χ2v) is 6.19. The van der Waals surface area contributed by atoms with Gasteiger partial charge in [-0.3, -0.25) is 9.78 Å². The van der Waals surface area contributed by atoms with Crippen LogP contribution in [0.1, 0.15) is 10.4 Å². The van der Waals surface area contributed by atoms with E-state index in [0.29, 0.717) is 5.56 Å². The van der Waals surface area contributed by atoms with Crippen LogP contribution in [0.3, 0.4) is 0 Å². The first-order chi connectivity index (χ1) is 11.3. The molecule has 4 aromatic rings. The van der Waals surface area contributed by atoms with Crippen LogP contribution in [-0.2, 0) is 0 Å². The Morgan fingerprint density at radius 3 is 2.87 bits per heavy atom. The first kappa shape index (κ1) is 14.0. The number of Topliss-reactive ketones (excluding diaryl/α,β-unsaturated/α-hetero) is 1. The number of hydrogen-bond donors (Lipinski definition) is 1. The lowest BCUT2D eigenvalue weighted by Gasteiger charge is -2.01. The number of aliphatic hydroxyl groups excluding tert-OH is 1. The second kappa shape index (κ2) is 5.53. The average Bonchev–Trinajstić information content (AvgIpc) is 3.03. The molecule has 1 N–H and O–H groups in total. The minimum Gasteiger partial charge on any atom is -0.388 e. The molecule has 2 aromatic carbocycles. The maximum atomic E-state index is 11.6. The largest absolute Gasteiger partial charge is 0.388 e. The Morgan fingerprint density at radius 1 is 1.13 bits per heavy atom. The molecule has 0 spiro atoms. The van der Waals surface area contributed by atoms with Crippen LogP contribution >= 0.6 is 11.3 Å². The van der Waals surface area contributed by atoms with Gasteiger partial charge >= 0.3 is 0 Å². The van der Waals surface area contributed by atoms with Crippen LogP contribution in [0.15, 0.2) is 54.7 Å². The first-order valence-electron chi connectivity index (χ1n) is 7.15. The summed E-state index contributed by atoms with van der Waals surface area (Å²) in [6.07, 6.45) is 1.77. The summed E-state index contributed by atoms with van der Waals surface area (Å²) in [7, 11) is 0. The van der Waals surface area contributed by atoms with Gasteiger partial charge in [-0.1, -0.05) is 18.2 Å². The van der Waals surface area contributed by atoms with E-state index in [1.54, 1.807) is 18.3 Å². The summed E-state index contributed by atoms with van der Waals surface area (Å²) in [4.78, 5) is 20.8. The molecule has 0 unspecified atom stereocenters. The second-order valence-electron chi connectivity index (χ2n) is 5.16. The van der Waals surface area contributed by atoms with Crippen molar-refractivity contribution in [1.82, 2.24) is 9.97 Å². The highest BCUT2D eigenvalue weighted by atomic mass is 32.1. The van der Waals surface area contributed by atoms with Crippen molar-refractivity contribution in [3.8, 4) is 10.6 Å². The van der Waals surface area contributed by atoms with Crippen LogP contribution in [0.2, 0.25) is 0 Å². The van der Waals surface area contributed by atoms with Gasteiger partial charge in [-0.15, -0.1) is 11.3 Å². The molecule has 0 fully saturated rings. The van der Waals surface area contributed by atoms with Gasteiger partial charge in [-0.2, -0.15) is 0 Å². The third-order valence-corrected chi connectivity index (χ3v) is 4.77. The van der Waals surface area contributed by atoms with Gasteiger partial charge < -0.3 is 5.11 Å². The Kier molecular flexibility index (Phi) is 3.37. The van der Waals surface area contributed by atoms with Gasteiger partial charge in [0.25, 0.3) is 0 Å². The minimum absolute atomic E-state index is 0.284. The van der Waals surface area contributed by atoms with E-state index in [0.717, 1.165) is 31.7 Å². The summed E-state index contributed by atoms with van der Waals surface area (Å²) >= 11 is 1.52. The predicted molar refractivity (Wildman–Crippen MR) is 91.8 cm³/mol. The molecule has 4 rings (SSSR count). The molecule has 23 heavy (non-hydrogen) atoms. The normalized spacial score (nSPS) is 11.2. The lowest BCUT2D eigenvalue weighted by atomic mass is 10.1. The van der Waals surface area contributed by atoms with Gasteiger partial charge in [0.2, 0.25) is 0 Å². The number of ketones is 1. The number of hydrogen-bond acceptors (Lipinski definition) is 5. The molecular weight excluding hydrogens is 308 g/mol. The molecule has 0 atom stereocenters. The third kappa shape index (κ3) is 2.40. The number of aromatic nitrogens is 2. The molecule has 5 heteroatoms. The Hall–Kier alpha value is -2.63. The summed E-state index contributed by atoms with van der Waals surface area (Å²) in [6.45, 7) is -0.482. The van der Waals surface area contributed by atoms with E-state index in [9.17, 15) is 4.79 Å². The number of aliphatic hydroxyl groups is 1. The number of thiazole rings is 1. The van der Waals surface area contributed by atoms with E-state index in [2.05, 4.69) is 9.97 Å². The standard InChI is InChI=1S/C18H12N2O2S/c21-10-15(22)12-6-7-14-16(9-12)23-18(20-14)13-5-1-3-11-4-2-8-19-17(11)13/h1-9,21H,10H2. The van der Waals surface area contributed by atoms with Crippen LogP contribution in [0.25, 0.3) is 31.7 Å². The molecule has 0 amide bonds. The van der Waals surface area contributed by atoms with Crippen molar-refractivity contribution in [3.63, 3.8) is 0 Å². The topological polar surface area (TPSA) is 63.1 Å². The van der Waals surface area contributed by atoms with E-state index in [1.165, 1.54) is 11.3 Å². The smallest absolute Gasteiger partial charge is 0.188 e. The first-order valence-corrected chi connectivity index (χ1v) is 7.97. The Morgan fingerprint density at radius 2 is 2.00 bits per heavy atom. The van der Waals surface area contributed by atoms with Gasteiger partial charge in [-0.05, 0) is 30.3 Å². The fourth-order valence-corrected chi connectivity index (χ4v) is 3.61. The number of benzene rings is 2. The number of para-hydroxylation sites is 1. The number of rotatable bonds is 3. The molecule has 0 bridgehead atoms. The van der Waals surface area contributed by atoms with Crippen molar-refractivity contribution in [2.24, 2.45) is 0 Å². The highest BCUT2D eigenvalue weighted by Crippen LogP contribution is 2.34. The van der Waals surface area contributed by atoms with E-state index in [4.69, 9.17) is 5.11 Å². The summed E-state index contributed by atoms with van der Waals surface area (Å²) in [5.74, 6) is -0.284. The van der Waals surface area contributed by atoms with Crippen LogP contribution in [0.4, 0.5) is 0 Å². The summed E-state index contributed by atoms with van der Waals surface area (Å²) in [6, 6.07) is 15.3. The van der Waals surface area contributed by atoms with E-state index < -0.39 is 6.61 Å². The zero-order valence-corrected chi connectivity index (χ0v) is 12.9. The molecule has 112 valence electrons. The summed E-state index contributed by atoms with van der Waals surface area (Å²) in [5, 5.41) is 10.9. The fraction of sp³-hybridized carbons (Fsp3) is 0.0556. The Balaban J connectivity index is 1.90. The zero-order chi connectivity index (χ0) is 15.8. The molecular formula is C18H12N2O2S. The van der Waals surface area contributed by atoms with E-state index >= 15 is 0 Å². The molecule has 4 nitrogen and oxygen atoms in total. The molecule has 0 aliphatic rings. The number of fused-ring (bicyclic) bond motifs is 2. The third-order valence-electron chi connectivity index (χ3n) is 3.72. The van der Waals surface area contributed by atoms with Crippen molar-refractivity contribution in [2.45, 2.75) is 0 Å². The van der Waals surface area contributed by atoms with Crippen LogP contribution in [-0.4, -0.2) is 27.5 Å². The fourth-order valence-electron chi connectivity index (χ4n) is 2.58. The summed E-state index contributed by atoms with van der Waals surface area (Å²) < 4.78 is 0.923. The molecule has 0 aliphatic heterocycles. The maximum Gasteiger partial charge on any atom is 0.188 e. The zero-order valence-electron chi connectivity index (χ0n) is 12.1. The van der Waals surface area contributed by atoms with Crippen molar-refractivity contribution in [3.05, 3.63) is 60.3 Å². The number of carbonyl (C=O) groups excluding carboxylic acids is 1. The predicted octanol–water partition coefficient (Wildman–Crippen LogP) is 3.69. The molecule has 0 saturated heterocycles. The lowest BCUT2D eigenvalue weighted by molar-refractivity contribution is 0.0904. The van der Waals surface area contributed by atoms with Crippen LogP contribution in [0, 0.1) is 0 Å². The minimum atomic E-state index is -0.482. The highest BCUT2D eigenvalue weighted by molar-refractivity contribution is 7.21. The number of carbonyl (C=O) groups is 1. The Bertz CT molecular complexity index is 1030. The molecule has 2 aromatic heterocycles.